The Morgan fingerprint density at radius 3 is 2.36 bits per heavy atom. The predicted molar refractivity (Wildman–Crippen MR) is 51.9 cm³/mol. The van der Waals surface area contributed by atoms with Gasteiger partial charge in [0.15, 0.2) is 0 Å². The number of rotatable bonds is 7. The van der Waals surface area contributed by atoms with Crippen molar-refractivity contribution in [3.8, 4) is 0 Å². The van der Waals surface area contributed by atoms with E-state index in [9.17, 15) is 9.59 Å². The highest BCUT2D eigenvalue weighted by Crippen LogP contribution is 2.12. The molecule has 0 bridgehead atoms. The van der Waals surface area contributed by atoms with E-state index in [0.717, 1.165) is 0 Å². The van der Waals surface area contributed by atoms with Crippen molar-refractivity contribution < 1.29 is 19.4 Å². The van der Waals surface area contributed by atoms with Gasteiger partial charge in [-0.2, -0.15) is 0 Å². The second-order valence-electron chi connectivity index (χ2n) is 3.38. The van der Waals surface area contributed by atoms with E-state index in [1.54, 1.807) is 6.92 Å². The minimum absolute atomic E-state index is 0.171. The van der Waals surface area contributed by atoms with Crippen LogP contribution >= 0.6 is 0 Å². The van der Waals surface area contributed by atoms with Gasteiger partial charge < -0.3 is 9.84 Å². The van der Waals surface area contributed by atoms with E-state index in [1.807, 2.05) is 6.92 Å². The van der Waals surface area contributed by atoms with E-state index < -0.39 is 5.97 Å². The van der Waals surface area contributed by atoms with E-state index in [4.69, 9.17) is 9.84 Å². The summed E-state index contributed by atoms with van der Waals surface area (Å²) >= 11 is 0. The van der Waals surface area contributed by atoms with Gasteiger partial charge in [0.2, 0.25) is 0 Å². The van der Waals surface area contributed by atoms with Crippen molar-refractivity contribution in [2.45, 2.75) is 39.5 Å². The largest absolute Gasteiger partial charge is 0.481 e. The Bertz CT molecular complexity index is 189. The smallest absolute Gasteiger partial charge is 0.305 e. The molecule has 1 unspecified atom stereocenters. The van der Waals surface area contributed by atoms with Gasteiger partial charge in [0.05, 0.1) is 6.61 Å². The topological polar surface area (TPSA) is 63.6 Å². The maximum atomic E-state index is 10.9. The first-order valence-electron chi connectivity index (χ1n) is 4.93. The number of ether oxygens (including phenoxy) is 1. The highest BCUT2D eigenvalue weighted by atomic mass is 16.5. The van der Waals surface area contributed by atoms with E-state index in [-0.39, 0.29) is 18.3 Å². The lowest BCUT2D eigenvalue weighted by Crippen LogP contribution is -2.07. The van der Waals surface area contributed by atoms with Gasteiger partial charge in [0, 0.05) is 12.8 Å². The molecule has 0 aliphatic heterocycles. The number of carboxylic acids is 1. The van der Waals surface area contributed by atoms with E-state index in [0.29, 0.717) is 25.9 Å². The fourth-order valence-corrected chi connectivity index (χ4v) is 1.11. The van der Waals surface area contributed by atoms with Crippen LogP contribution in [-0.2, 0) is 14.3 Å². The summed E-state index contributed by atoms with van der Waals surface area (Å²) in [5, 5.41) is 8.43. The Morgan fingerprint density at radius 2 is 1.86 bits per heavy atom. The molecule has 0 aromatic rings. The lowest BCUT2D eigenvalue weighted by Gasteiger charge is -2.08. The first kappa shape index (κ1) is 12.9. The summed E-state index contributed by atoms with van der Waals surface area (Å²) in [6.45, 7) is 4.12. The van der Waals surface area contributed by atoms with Crippen LogP contribution in [0.2, 0.25) is 0 Å². The molecule has 0 radical (unpaired) electrons. The second kappa shape index (κ2) is 7.35. The van der Waals surface area contributed by atoms with Gasteiger partial charge in [-0.05, 0) is 25.7 Å². The molecule has 14 heavy (non-hydrogen) atoms. The molecule has 0 rings (SSSR count). The highest BCUT2D eigenvalue weighted by Gasteiger charge is 2.08. The van der Waals surface area contributed by atoms with Crippen molar-refractivity contribution in [3.05, 3.63) is 0 Å². The van der Waals surface area contributed by atoms with Crippen LogP contribution < -0.4 is 0 Å². The van der Waals surface area contributed by atoms with Crippen LogP contribution in [-0.4, -0.2) is 23.7 Å². The van der Waals surface area contributed by atoms with Gasteiger partial charge in [0.25, 0.3) is 0 Å². The molecular weight excluding hydrogens is 184 g/mol. The first-order chi connectivity index (χ1) is 6.56. The van der Waals surface area contributed by atoms with Gasteiger partial charge in [-0.25, -0.2) is 0 Å². The number of carboxylic acid groups (broad SMARTS) is 1. The SMILES string of the molecule is CCOC(=O)CCC(C)CCC(=O)O. The molecule has 4 heteroatoms. The third-order valence-corrected chi connectivity index (χ3v) is 2.00. The molecule has 0 saturated heterocycles. The first-order valence-corrected chi connectivity index (χ1v) is 4.93. The summed E-state index contributed by atoms with van der Waals surface area (Å²) in [7, 11) is 0. The average Bonchev–Trinajstić information content (AvgIpc) is 2.12. The fourth-order valence-electron chi connectivity index (χ4n) is 1.11. The van der Waals surface area contributed by atoms with Crippen LogP contribution in [0, 0.1) is 5.92 Å². The van der Waals surface area contributed by atoms with Crippen LogP contribution in [0.3, 0.4) is 0 Å². The van der Waals surface area contributed by atoms with Crippen LogP contribution in [0.5, 0.6) is 0 Å². The molecule has 0 aromatic heterocycles. The summed E-state index contributed by atoms with van der Waals surface area (Å²) in [6.07, 6.45) is 1.87. The van der Waals surface area contributed by atoms with Gasteiger partial charge in [-0.3, -0.25) is 9.59 Å². The molecule has 4 nitrogen and oxygen atoms in total. The molecule has 1 N–H and O–H groups in total. The van der Waals surface area contributed by atoms with Crippen molar-refractivity contribution in [1.29, 1.82) is 0 Å². The predicted octanol–water partition coefficient (Wildman–Crippen LogP) is 1.83. The Hall–Kier alpha value is -1.06. The summed E-state index contributed by atoms with van der Waals surface area (Å²) in [5.74, 6) is -0.724. The Balaban J connectivity index is 3.48. The van der Waals surface area contributed by atoms with E-state index in [2.05, 4.69) is 0 Å². The zero-order valence-electron chi connectivity index (χ0n) is 8.78. The summed E-state index contributed by atoms with van der Waals surface area (Å²) in [5.41, 5.74) is 0. The van der Waals surface area contributed by atoms with Gasteiger partial charge >= 0.3 is 11.9 Å². The monoisotopic (exact) mass is 202 g/mol. The lowest BCUT2D eigenvalue weighted by atomic mass is 10.00. The Kier molecular flexibility index (Phi) is 6.80. The molecular formula is C10H18O4. The lowest BCUT2D eigenvalue weighted by molar-refractivity contribution is -0.143. The number of aliphatic carboxylic acids is 1. The molecule has 82 valence electrons. The van der Waals surface area contributed by atoms with Crippen molar-refractivity contribution in [2.24, 2.45) is 5.92 Å². The molecule has 0 spiro atoms. The maximum absolute atomic E-state index is 10.9. The molecule has 0 heterocycles. The molecule has 0 saturated carbocycles. The number of esters is 1. The zero-order valence-corrected chi connectivity index (χ0v) is 8.78. The normalized spacial score (nSPS) is 12.1. The van der Waals surface area contributed by atoms with E-state index >= 15 is 0 Å². The summed E-state index contributed by atoms with van der Waals surface area (Å²) in [6, 6.07) is 0. The van der Waals surface area contributed by atoms with E-state index in [1.165, 1.54) is 0 Å². The van der Waals surface area contributed by atoms with Crippen molar-refractivity contribution in [2.75, 3.05) is 6.61 Å². The third kappa shape index (κ3) is 7.58. The number of hydrogen-bond donors (Lipinski definition) is 1. The molecule has 0 aliphatic rings. The molecule has 0 aliphatic carbocycles. The maximum Gasteiger partial charge on any atom is 0.305 e. The van der Waals surface area contributed by atoms with Crippen LogP contribution in [0.4, 0.5) is 0 Å². The molecule has 0 amide bonds. The minimum atomic E-state index is -0.784. The van der Waals surface area contributed by atoms with Crippen LogP contribution in [0.25, 0.3) is 0 Å². The van der Waals surface area contributed by atoms with Crippen LogP contribution in [0.15, 0.2) is 0 Å². The third-order valence-electron chi connectivity index (χ3n) is 2.00. The molecule has 1 atom stereocenters. The number of carbonyl (C=O) groups is 2. The van der Waals surface area contributed by atoms with Crippen molar-refractivity contribution in [3.63, 3.8) is 0 Å². The average molecular weight is 202 g/mol. The second-order valence-corrected chi connectivity index (χ2v) is 3.38. The minimum Gasteiger partial charge on any atom is -0.481 e. The summed E-state index contributed by atoms with van der Waals surface area (Å²) < 4.78 is 4.76. The Morgan fingerprint density at radius 1 is 1.29 bits per heavy atom. The molecule has 0 fully saturated rings. The Labute approximate surface area is 84.3 Å². The number of hydrogen-bond acceptors (Lipinski definition) is 3. The standard InChI is InChI=1S/C10H18O4/c1-3-14-10(13)7-5-8(2)4-6-9(11)12/h8H,3-7H2,1-2H3,(H,11,12). The molecule has 0 aromatic carbocycles. The number of carbonyl (C=O) groups excluding carboxylic acids is 1. The van der Waals surface area contributed by atoms with Crippen molar-refractivity contribution in [1.82, 2.24) is 0 Å². The van der Waals surface area contributed by atoms with Crippen molar-refractivity contribution >= 4 is 11.9 Å². The van der Waals surface area contributed by atoms with Gasteiger partial charge in [-0.1, -0.05) is 6.92 Å². The van der Waals surface area contributed by atoms with Gasteiger partial charge in [0.1, 0.15) is 0 Å². The highest BCUT2D eigenvalue weighted by molar-refractivity contribution is 5.69. The fraction of sp³-hybridized carbons (Fsp3) is 0.800. The van der Waals surface area contributed by atoms with Gasteiger partial charge in [-0.15, -0.1) is 0 Å². The summed E-state index contributed by atoms with van der Waals surface area (Å²) in [4.78, 5) is 21.2. The quantitative estimate of drug-likeness (QED) is 0.640. The van der Waals surface area contributed by atoms with Crippen LogP contribution in [0.1, 0.15) is 39.5 Å². The zero-order chi connectivity index (χ0) is 11.0.